The summed E-state index contributed by atoms with van der Waals surface area (Å²) in [5.41, 5.74) is 7.76. The van der Waals surface area contributed by atoms with Crippen LogP contribution in [0.1, 0.15) is 0 Å². The van der Waals surface area contributed by atoms with Gasteiger partial charge >= 0.3 is 0 Å². The number of nitrogens with two attached hydrogens (primary N) is 1. The van der Waals surface area contributed by atoms with Crippen LogP contribution >= 0.6 is 11.6 Å². The Hall–Kier alpha value is -1.67. The first-order valence-electron chi connectivity index (χ1n) is 4.51. The molecule has 0 aromatic heterocycles. The lowest BCUT2D eigenvalue weighted by Crippen LogP contribution is -1.85. The quantitative estimate of drug-likeness (QED) is 0.723. The Morgan fingerprint density at radius 3 is 2.27 bits per heavy atom. The molecule has 3 heteroatoms. The normalized spacial score (nSPS) is 10.2. The van der Waals surface area contributed by atoms with Gasteiger partial charge in [-0.1, -0.05) is 23.7 Å². The molecule has 2 nitrogen and oxygen atoms in total. The van der Waals surface area contributed by atoms with Crippen LogP contribution in [-0.2, 0) is 0 Å². The van der Waals surface area contributed by atoms with Gasteiger partial charge < -0.3 is 10.8 Å². The molecule has 0 saturated carbocycles. The van der Waals surface area contributed by atoms with E-state index >= 15 is 0 Å². The van der Waals surface area contributed by atoms with Crippen molar-refractivity contribution >= 4 is 17.3 Å². The number of rotatable bonds is 1. The van der Waals surface area contributed by atoms with Gasteiger partial charge in [0, 0.05) is 22.3 Å². The van der Waals surface area contributed by atoms with E-state index in [2.05, 4.69) is 0 Å². The molecule has 0 aliphatic rings. The average molecular weight is 220 g/mol. The van der Waals surface area contributed by atoms with Crippen LogP contribution in [-0.4, -0.2) is 5.11 Å². The van der Waals surface area contributed by atoms with E-state index in [0.29, 0.717) is 10.7 Å². The first kappa shape index (κ1) is 9.87. The molecule has 0 radical (unpaired) electrons. The Balaban J connectivity index is 2.49. The minimum atomic E-state index is 0.178. The zero-order valence-corrected chi connectivity index (χ0v) is 8.70. The highest BCUT2D eigenvalue weighted by Crippen LogP contribution is 2.31. The summed E-state index contributed by atoms with van der Waals surface area (Å²) >= 11 is 5.78. The molecule has 2 aromatic carbocycles. The summed E-state index contributed by atoms with van der Waals surface area (Å²) in [4.78, 5) is 0. The van der Waals surface area contributed by atoms with Crippen LogP contribution in [0, 0.1) is 0 Å². The maximum Gasteiger partial charge on any atom is 0.125 e. The Morgan fingerprint density at radius 2 is 1.67 bits per heavy atom. The fourth-order valence-electron chi connectivity index (χ4n) is 1.42. The number of anilines is 1. The van der Waals surface area contributed by atoms with Crippen LogP contribution in [0.25, 0.3) is 11.1 Å². The summed E-state index contributed by atoms with van der Waals surface area (Å²) in [6.45, 7) is 0. The lowest BCUT2D eigenvalue weighted by molar-refractivity contribution is 0.477. The average Bonchev–Trinajstić information content (AvgIpc) is 2.20. The molecule has 0 aliphatic heterocycles. The van der Waals surface area contributed by atoms with Gasteiger partial charge in [-0.05, 0) is 29.8 Å². The SMILES string of the molecule is Nc1ccc(-c2ccc(Cl)cc2)c(O)c1. The van der Waals surface area contributed by atoms with E-state index < -0.39 is 0 Å². The van der Waals surface area contributed by atoms with E-state index in [1.54, 1.807) is 24.3 Å². The third kappa shape index (κ3) is 2.05. The van der Waals surface area contributed by atoms with E-state index in [0.717, 1.165) is 11.1 Å². The van der Waals surface area contributed by atoms with Crippen LogP contribution < -0.4 is 5.73 Å². The van der Waals surface area contributed by atoms with Crippen molar-refractivity contribution in [1.29, 1.82) is 0 Å². The molecule has 0 spiro atoms. The fraction of sp³-hybridized carbons (Fsp3) is 0. The molecule has 0 saturated heterocycles. The number of hydrogen-bond donors (Lipinski definition) is 2. The number of hydrogen-bond acceptors (Lipinski definition) is 2. The Kier molecular flexibility index (Phi) is 2.52. The van der Waals surface area contributed by atoms with Gasteiger partial charge in [0.15, 0.2) is 0 Å². The number of nitrogen functional groups attached to an aromatic ring is 1. The molecular formula is C12H10ClNO. The highest BCUT2D eigenvalue weighted by Gasteiger charge is 2.03. The van der Waals surface area contributed by atoms with Crippen LogP contribution in [0.2, 0.25) is 5.02 Å². The first-order chi connectivity index (χ1) is 7.16. The van der Waals surface area contributed by atoms with Gasteiger partial charge in [-0.25, -0.2) is 0 Å². The highest BCUT2D eigenvalue weighted by molar-refractivity contribution is 6.30. The van der Waals surface area contributed by atoms with Crippen LogP contribution in [0.5, 0.6) is 5.75 Å². The summed E-state index contributed by atoms with van der Waals surface area (Å²) in [6.07, 6.45) is 0. The van der Waals surface area contributed by atoms with Crippen molar-refractivity contribution in [1.82, 2.24) is 0 Å². The second-order valence-corrected chi connectivity index (χ2v) is 3.72. The van der Waals surface area contributed by atoms with Gasteiger partial charge in [0.1, 0.15) is 5.75 Å². The Bertz CT molecular complexity index is 479. The van der Waals surface area contributed by atoms with Crippen molar-refractivity contribution in [2.75, 3.05) is 5.73 Å². The third-order valence-corrected chi connectivity index (χ3v) is 2.43. The third-order valence-electron chi connectivity index (χ3n) is 2.18. The molecule has 0 bridgehead atoms. The summed E-state index contributed by atoms with van der Waals surface area (Å²) in [5.74, 6) is 0.178. The fourth-order valence-corrected chi connectivity index (χ4v) is 1.55. The molecule has 0 amide bonds. The van der Waals surface area contributed by atoms with Gasteiger partial charge in [0.25, 0.3) is 0 Å². The number of halogens is 1. The van der Waals surface area contributed by atoms with Crippen molar-refractivity contribution in [3.05, 3.63) is 47.5 Å². The summed E-state index contributed by atoms with van der Waals surface area (Å²) in [5, 5.41) is 10.4. The second-order valence-electron chi connectivity index (χ2n) is 3.28. The summed E-state index contributed by atoms with van der Waals surface area (Å²) in [7, 11) is 0. The molecule has 0 atom stereocenters. The standard InChI is InChI=1S/C12H10ClNO/c13-9-3-1-8(2-4-9)11-6-5-10(14)7-12(11)15/h1-7,15H,14H2. The number of phenols is 1. The number of aromatic hydroxyl groups is 1. The maximum absolute atomic E-state index is 9.70. The van der Waals surface area contributed by atoms with Crippen LogP contribution in [0.15, 0.2) is 42.5 Å². The van der Waals surface area contributed by atoms with E-state index in [9.17, 15) is 5.11 Å². The number of phenolic OH excluding ortho intramolecular Hbond substituents is 1. The largest absolute Gasteiger partial charge is 0.507 e. The molecule has 2 rings (SSSR count). The molecule has 15 heavy (non-hydrogen) atoms. The van der Waals surface area contributed by atoms with Gasteiger partial charge in [-0.2, -0.15) is 0 Å². The van der Waals surface area contributed by atoms with Crippen molar-refractivity contribution in [2.24, 2.45) is 0 Å². The Morgan fingerprint density at radius 1 is 1.00 bits per heavy atom. The highest BCUT2D eigenvalue weighted by atomic mass is 35.5. The molecule has 76 valence electrons. The van der Waals surface area contributed by atoms with Crippen LogP contribution in [0.3, 0.4) is 0 Å². The maximum atomic E-state index is 9.70. The van der Waals surface area contributed by atoms with Crippen molar-refractivity contribution < 1.29 is 5.11 Å². The van der Waals surface area contributed by atoms with Gasteiger partial charge in [0.2, 0.25) is 0 Å². The lowest BCUT2D eigenvalue weighted by atomic mass is 10.0. The van der Waals surface area contributed by atoms with Gasteiger partial charge in [-0.15, -0.1) is 0 Å². The zero-order chi connectivity index (χ0) is 10.8. The molecule has 0 heterocycles. The number of benzene rings is 2. The predicted molar refractivity (Wildman–Crippen MR) is 63.0 cm³/mol. The van der Waals surface area contributed by atoms with Crippen LogP contribution in [0.4, 0.5) is 5.69 Å². The molecule has 0 fully saturated rings. The molecular weight excluding hydrogens is 210 g/mol. The van der Waals surface area contributed by atoms with E-state index in [-0.39, 0.29) is 5.75 Å². The zero-order valence-electron chi connectivity index (χ0n) is 7.94. The molecule has 3 N–H and O–H groups in total. The van der Waals surface area contributed by atoms with E-state index in [4.69, 9.17) is 17.3 Å². The molecule has 2 aromatic rings. The lowest BCUT2D eigenvalue weighted by Gasteiger charge is -2.05. The smallest absolute Gasteiger partial charge is 0.125 e. The topological polar surface area (TPSA) is 46.2 Å². The second kappa shape index (κ2) is 3.83. The minimum absolute atomic E-state index is 0.178. The van der Waals surface area contributed by atoms with E-state index in [1.807, 2.05) is 12.1 Å². The van der Waals surface area contributed by atoms with E-state index in [1.165, 1.54) is 6.07 Å². The monoisotopic (exact) mass is 219 g/mol. The van der Waals surface area contributed by atoms with Crippen molar-refractivity contribution in [2.45, 2.75) is 0 Å². The summed E-state index contributed by atoms with van der Waals surface area (Å²) < 4.78 is 0. The Labute approximate surface area is 92.9 Å². The van der Waals surface area contributed by atoms with Crippen molar-refractivity contribution in [3.8, 4) is 16.9 Å². The van der Waals surface area contributed by atoms with Gasteiger partial charge in [0.05, 0.1) is 0 Å². The summed E-state index contributed by atoms with van der Waals surface area (Å²) in [6, 6.07) is 12.3. The molecule has 0 unspecified atom stereocenters. The van der Waals surface area contributed by atoms with Gasteiger partial charge in [-0.3, -0.25) is 0 Å². The van der Waals surface area contributed by atoms with Crippen molar-refractivity contribution in [3.63, 3.8) is 0 Å². The predicted octanol–water partition coefficient (Wildman–Crippen LogP) is 3.29. The first-order valence-corrected chi connectivity index (χ1v) is 4.89. The molecule has 0 aliphatic carbocycles. The minimum Gasteiger partial charge on any atom is -0.507 e.